The first-order valence-corrected chi connectivity index (χ1v) is 12.2. The number of carbonyl (C=O) groups excluding carboxylic acids is 1. The number of hydrogen-bond donors (Lipinski definition) is 3. The van der Waals surface area contributed by atoms with Gasteiger partial charge in [-0.3, -0.25) is 19.1 Å². The Hall–Kier alpha value is -3.85. The molecule has 0 fully saturated rings. The van der Waals surface area contributed by atoms with Gasteiger partial charge in [-0.05, 0) is 24.0 Å². The van der Waals surface area contributed by atoms with Crippen LogP contribution >= 0.6 is 0 Å². The van der Waals surface area contributed by atoms with Gasteiger partial charge in [0, 0.05) is 20.2 Å². The molecule has 0 saturated carbocycles. The Balaban J connectivity index is 1.88. The van der Waals surface area contributed by atoms with Crippen molar-refractivity contribution in [2.45, 2.75) is 38.8 Å². The van der Waals surface area contributed by atoms with Crippen molar-refractivity contribution in [3.63, 3.8) is 0 Å². The lowest BCUT2D eigenvalue weighted by molar-refractivity contribution is -0.120. The van der Waals surface area contributed by atoms with Gasteiger partial charge in [0.2, 0.25) is 5.91 Å². The second-order valence-electron chi connectivity index (χ2n) is 8.63. The van der Waals surface area contributed by atoms with Crippen LogP contribution in [0.5, 0.6) is 0 Å². The number of aromatic nitrogens is 2. The number of rotatable bonds is 13. The highest BCUT2D eigenvalue weighted by Crippen LogP contribution is 2.20. The van der Waals surface area contributed by atoms with Crippen molar-refractivity contribution in [2.24, 2.45) is 0 Å². The van der Waals surface area contributed by atoms with Crippen LogP contribution in [0, 0.1) is 0 Å². The second kappa shape index (κ2) is 13.3. The number of nitrogens with zero attached hydrogens (tertiary/aromatic N) is 2. The van der Waals surface area contributed by atoms with Crippen molar-refractivity contribution < 1.29 is 9.53 Å². The summed E-state index contributed by atoms with van der Waals surface area (Å²) >= 11 is 0. The van der Waals surface area contributed by atoms with Crippen LogP contribution in [0.4, 0.5) is 11.5 Å². The average molecular weight is 494 g/mol. The Morgan fingerprint density at radius 1 is 1.11 bits per heavy atom. The maximum absolute atomic E-state index is 13.3. The molecule has 0 bridgehead atoms. The number of aromatic amines is 1. The highest BCUT2D eigenvalue weighted by molar-refractivity contribution is 5.83. The smallest absolute Gasteiger partial charge is 0.330 e. The minimum atomic E-state index is -0.627. The third-order valence-corrected chi connectivity index (χ3v) is 5.99. The fourth-order valence-electron chi connectivity index (χ4n) is 4.09. The number of carbonyl (C=O) groups is 1. The zero-order valence-electron chi connectivity index (χ0n) is 20.9. The van der Waals surface area contributed by atoms with Crippen molar-refractivity contribution in [3.8, 4) is 0 Å². The first-order chi connectivity index (χ1) is 17.4. The van der Waals surface area contributed by atoms with Crippen molar-refractivity contribution >= 4 is 17.4 Å². The predicted molar refractivity (Wildman–Crippen MR) is 142 cm³/mol. The number of nitrogens with one attached hydrogen (secondary N) is 2. The van der Waals surface area contributed by atoms with Crippen LogP contribution in [-0.4, -0.2) is 42.3 Å². The molecule has 4 N–H and O–H groups in total. The number of nitrogen functional groups attached to an aromatic ring is 1. The van der Waals surface area contributed by atoms with Gasteiger partial charge in [0.05, 0.1) is 19.2 Å². The third-order valence-electron chi connectivity index (χ3n) is 5.99. The van der Waals surface area contributed by atoms with Crippen LogP contribution in [0.15, 0.2) is 70.3 Å². The van der Waals surface area contributed by atoms with Gasteiger partial charge < -0.3 is 20.7 Å². The SMILES string of the molecule is CCCCn1c(N)c(N(CCOC)CC(=O)NC(Cc2ccccc2)c2ccccc2)c(=O)[nH]c1=O. The number of anilines is 2. The number of methoxy groups -OCH3 is 1. The molecule has 2 aromatic carbocycles. The zero-order chi connectivity index (χ0) is 25.9. The van der Waals surface area contributed by atoms with Gasteiger partial charge in [0.25, 0.3) is 5.56 Å². The first-order valence-electron chi connectivity index (χ1n) is 12.2. The average Bonchev–Trinajstić information content (AvgIpc) is 2.87. The summed E-state index contributed by atoms with van der Waals surface area (Å²) in [5.74, 6) is -0.231. The number of ether oxygens (including phenoxy) is 1. The van der Waals surface area contributed by atoms with E-state index >= 15 is 0 Å². The van der Waals surface area contributed by atoms with Crippen molar-refractivity contribution in [3.05, 3.63) is 92.6 Å². The van der Waals surface area contributed by atoms with Gasteiger partial charge in [-0.25, -0.2) is 4.79 Å². The summed E-state index contributed by atoms with van der Waals surface area (Å²) in [6.07, 6.45) is 2.20. The fraction of sp³-hybridized carbons (Fsp3) is 0.370. The van der Waals surface area contributed by atoms with E-state index in [9.17, 15) is 14.4 Å². The summed E-state index contributed by atoms with van der Waals surface area (Å²) in [6, 6.07) is 19.4. The monoisotopic (exact) mass is 493 g/mol. The van der Waals surface area contributed by atoms with Crippen LogP contribution in [0.25, 0.3) is 0 Å². The van der Waals surface area contributed by atoms with E-state index in [1.165, 1.54) is 4.57 Å². The van der Waals surface area contributed by atoms with Crippen LogP contribution in [0.2, 0.25) is 0 Å². The molecule has 9 heteroatoms. The molecule has 192 valence electrons. The lowest BCUT2D eigenvalue weighted by atomic mass is 9.99. The van der Waals surface area contributed by atoms with Gasteiger partial charge in [-0.1, -0.05) is 74.0 Å². The standard InChI is InChI=1S/C27H35N5O4/c1-3-4-15-32-25(28)24(26(34)30-27(32)35)31(16-17-36-2)19-23(33)29-22(21-13-9-6-10-14-21)18-20-11-7-5-8-12-20/h5-14,22H,3-4,15-19,28H2,1-2H3,(H,29,33)(H,30,34,35). The number of unbranched alkanes of at least 4 members (excludes halogenated alkanes) is 1. The van der Waals surface area contributed by atoms with E-state index in [1.54, 1.807) is 12.0 Å². The van der Waals surface area contributed by atoms with Crippen LogP contribution in [-0.2, 0) is 22.5 Å². The molecule has 0 radical (unpaired) electrons. The Labute approximate surface area is 210 Å². The van der Waals surface area contributed by atoms with Crippen LogP contribution < -0.4 is 27.2 Å². The molecule has 3 rings (SSSR count). The number of H-pyrrole nitrogens is 1. The fourth-order valence-corrected chi connectivity index (χ4v) is 4.09. The summed E-state index contributed by atoms with van der Waals surface area (Å²) in [7, 11) is 1.54. The molecule has 1 heterocycles. The summed E-state index contributed by atoms with van der Waals surface area (Å²) in [5, 5.41) is 3.11. The van der Waals surface area contributed by atoms with E-state index in [-0.39, 0.29) is 43.2 Å². The van der Waals surface area contributed by atoms with E-state index in [0.29, 0.717) is 13.0 Å². The number of amides is 1. The van der Waals surface area contributed by atoms with Gasteiger partial charge >= 0.3 is 5.69 Å². The van der Waals surface area contributed by atoms with Crippen LogP contribution in [0.1, 0.15) is 36.9 Å². The van der Waals surface area contributed by atoms with E-state index < -0.39 is 11.2 Å². The maximum Gasteiger partial charge on any atom is 0.330 e. The molecule has 36 heavy (non-hydrogen) atoms. The lowest BCUT2D eigenvalue weighted by Gasteiger charge is -2.27. The third kappa shape index (κ3) is 7.08. The second-order valence-corrected chi connectivity index (χ2v) is 8.63. The summed E-state index contributed by atoms with van der Waals surface area (Å²) in [4.78, 5) is 42.4. The van der Waals surface area contributed by atoms with Crippen molar-refractivity contribution in [1.82, 2.24) is 14.9 Å². The zero-order valence-corrected chi connectivity index (χ0v) is 20.9. The molecule has 1 unspecified atom stereocenters. The molecule has 1 aromatic heterocycles. The van der Waals surface area contributed by atoms with E-state index in [4.69, 9.17) is 10.5 Å². The lowest BCUT2D eigenvalue weighted by Crippen LogP contribution is -2.45. The molecule has 0 aliphatic carbocycles. The molecule has 1 amide bonds. The van der Waals surface area contributed by atoms with E-state index in [0.717, 1.165) is 24.0 Å². The van der Waals surface area contributed by atoms with Gasteiger partial charge in [-0.2, -0.15) is 0 Å². The van der Waals surface area contributed by atoms with E-state index in [1.807, 2.05) is 67.6 Å². The Morgan fingerprint density at radius 2 is 1.78 bits per heavy atom. The molecule has 9 nitrogen and oxygen atoms in total. The van der Waals surface area contributed by atoms with Gasteiger partial charge in [-0.15, -0.1) is 0 Å². The normalized spacial score (nSPS) is 11.7. The van der Waals surface area contributed by atoms with Gasteiger partial charge in [0.15, 0.2) is 0 Å². The number of benzene rings is 2. The summed E-state index contributed by atoms with van der Waals surface area (Å²) in [6.45, 7) is 2.77. The molecule has 0 spiro atoms. The Morgan fingerprint density at radius 3 is 2.42 bits per heavy atom. The van der Waals surface area contributed by atoms with E-state index in [2.05, 4.69) is 10.3 Å². The number of nitrogens with two attached hydrogens (primary N) is 1. The molecular weight excluding hydrogens is 458 g/mol. The quantitative estimate of drug-likeness (QED) is 0.336. The minimum Gasteiger partial charge on any atom is -0.383 e. The predicted octanol–water partition coefficient (Wildman–Crippen LogP) is 2.47. The Bertz CT molecular complexity index is 1220. The minimum absolute atomic E-state index is 0.0463. The summed E-state index contributed by atoms with van der Waals surface area (Å²) in [5.41, 5.74) is 7.27. The highest BCUT2D eigenvalue weighted by atomic mass is 16.5. The topological polar surface area (TPSA) is 122 Å². The maximum atomic E-state index is 13.3. The van der Waals surface area contributed by atoms with Crippen molar-refractivity contribution in [1.29, 1.82) is 0 Å². The molecule has 3 aromatic rings. The van der Waals surface area contributed by atoms with Crippen LogP contribution in [0.3, 0.4) is 0 Å². The molecule has 0 aliphatic rings. The first kappa shape index (κ1) is 26.7. The van der Waals surface area contributed by atoms with Gasteiger partial charge in [0.1, 0.15) is 11.5 Å². The number of hydrogen-bond acceptors (Lipinski definition) is 6. The largest absolute Gasteiger partial charge is 0.383 e. The molecule has 0 aliphatic heterocycles. The summed E-state index contributed by atoms with van der Waals surface area (Å²) < 4.78 is 6.56. The Kier molecular flexibility index (Phi) is 9.88. The molecular formula is C27H35N5O4. The molecule has 0 saturated heterocycles. The molecule has 1 atom stereocenters. The van der Waals surface area contributed by atoms with Crippen molar-refractivity contribution in [2.75, 3.05) is 37.4 Å². The highest BCUT2D eigenvalue weighted by Gasteiger charge is 2.23.